The van der Waals surface area contributed by atoms with Crippen LogP contribution in [0.5, 0.6) is 0 Å². The first-order valence-corrected chi connectivity index (χ1v) is 8.81. The summed E-state index contributed by atoms with van der Waals surface area (Å²) in [5, 5.41) is 1.17. The summed E-state index contributed by atoms with van der Waals surface area (Å²) in [6, 6.07) is 13.6. The van der Waals surface area contributed by atoms with Gasteiger partial charge in [0, 0.05) is 10.0 Å². The van der Waals surface area contributed by atoms with Crippen LogP contribution in [0.15, 0.2) is 48.5 Å². The van der Waals surface area contributed by atoms with E-state index in [0.717, 1.165) is 22.0 Å². The summed E-state index contributed by atoms with van der Waals surface area (Å²) in [6.45, 7) is 0. The largest absolute Gasteiger partial charge is 0.277 e. The molecule has 2 rings (SSSR count). The second-order valence-corrected chi connectivity index (χ2v) is 6.82. The standard InChI is InChI=1S/C14H10Cl2N2O2S2/c15-11-1-5-13(6-2-11)17(9-19)21-22-18(10-20)14-7-3-12(16)4-8-14/h1-10H. The number of halogens is 2. The molecule has 0 unspecified atom stereocenters. The summed E-state index contributed by atoms with van der Waals surface area (Å²) in [6.07, 6.45) is 1.34. The Morgan fingerprint density at radius 3 is 1.27 bits per heavy atom. The third-order valence-electron chi connectivity index (χ3n) is 2.55. The first-order chi connectivity index (χ1) is 10.6. The fourth-order valence-electron chi connectivity index (χ4n) is 1.49. The molecule has 22 heavy (non-hydrogen) atoms. The van der Waals surface area contributed by atoms with Crippen LogP contribution in [0.4, 0.5) is 11.4 Å². The number of benzene rings is 2. The molecule has 0 saturated heterocycles. The summed E-state index contributed by atoms with van der Waals surface area (Å²) >= 11 is 11.6. The van der Waals surface area contributed by atoms with Gasteiger partial charge in [0.15, 0.2) is 0 Å². The molecule has 0 aliphatic carbocycles. The summed E-state index contributed by atoms with van der Waals surface area (Å²) < 4.78 is 2.79. The Morgan fingerprint density at radius 2 is 1.00 bits per heavy atom. The Morgan fingerprint density at radius 1 is 0.682 bits per heavy atom. The molecule has 0 heterocycles. The molecular weight excluding hydrogens is 363 g/mol. The molecule has 2 amide bonds. The molecule has 114 valence electrons. The molecule has 0 spiro atoms. The molecule has 0 aliphatic heterocycles. The van der Waals surface area contributed by atoms with E-state index in [1.807, 2.05) is 0 Å². The first kappa shape index (κ1) is 17.0. The molecule has 2 aromatic rings. The van der Waals surface area contributed by atoms with Gasteiger partial charge in [-0.15, -0.1) is 0 Å². The Balaban J connectivity index is 2.04. The SMILES string of the molecule is O=CN(SSN(C=O)c1ccc(Cl)cc1)c1ccc(Cl)cc1. The van der Waals surface area contributed by atoms with Crippen molar-refractivity contribution >= 4 is 69.4 Å². The van der Waals surface area contributed by atoms with Crippen molar-refractivity contribution in [1.82, 2.24) is 0 Å². The van der Waals surface area contributed by atoms with Crippen LogP contribution in [0, 0.1) is 0 Å². The lowest BCUT2D eigenvalue weighted by Gasteiger charge is -2.19. The van der Waals surface area contributed by atoms with Gasteiger partial charge in [-0.3, -0.25) is 9.59 Å². The quantitative estimate of drug-likeness (QED) is 0.396. The zero-order valence-corrected chi connectivity index (χ0v) is 14.2. The van der Waals surface area contributed by atoms with E-state index in [-0.39, 0.29) is 0 Å². The number of amides is 2. The van der Waals surface area contributed by atoms with Crippen LogP contribution in [0.1, 0.15) is 0 Å². The van der Waals surface area contributed by atoms with Crippen LogP contribution >= 0.6 is 45.2 Å². The smallest absolute Gasteiger partial charge is 0.224 e. The van der Waals surface area contributed by atoms with E-state index >= 15 is 0 Å². The van der Waals surface area contributed by atoms with Crippen LogP contribution in [-0.4, -0.2) is 12.8 Å². The average Bonchev–Trinajstić information content (AvgIpc) is 2.54. The number of nitrogens with zero attached hydrogens (tertiary/aromatic N) is 2. The molecule has 4 nitrogen and oxygen atoms in total. The summed E-state index contributed by atoms with van der Waals surface area (Å²) in [4.78, 5) is 22.4. The highest BCUT2D eigenvalue weighted by molar-refractivity contribution is 8.78. The van der Waals surface area contributed by atoms with Crippen molar-refractivity contribution in [3.05, 3.63) is 58.6 Å². The van der Waals surface area contributed by atoms with Crippen LogP contribution in [0.3, 0.4) is 0 Å². The predicted molar refractivity (Wildman–Crippen MR) is 95.2 cm³/mol. The third kappa shape index (κ3) is 4.58. The van der Waals surface area contributed by atoms with Crippen molar-refractivity contribution in [2.24, 2.45) is 0 Å². The third-order valence-corrected chi connectivity index (χ3v) is 5.20. The Labute approximate surface area is 146 Å². The van der Waals surface area contributed by atoms with Gasteiger partial charge in [0.05, 0.1) is 33.3 Å². The monoisotopic (exact) mass is 372 g/mol. The molecule has 0 saturated carbocycles. The second-order valence-electron chi connectivity index (χ2n) is 3.96. The number of rotatable bonds is 7. The van der Waals surface area contributed by atoms with E-state index in [0.29, 0.717) is 34.2 Å². The van der Waals surface area contributed by atoms with E-state index in [1.165, 1.54) is 8.61 Å². The van der Waals surface area contributed by atoms with Gasteiger partial charge < -0.3 is 0 Å². The van der Waals surface area contributed by atoms with Crippen molar-refractivity contribution in [2.75, 3.05) is 8.61 Å². The average molecular weight is 373 g/mol. The van der Waals surface area contributed by atoms with Crippen LogP contribution < -0.4 is 8.61 Å². The van der Waals surface area contributed by atoms with Crippen LogP contribution in [0.2, 0.25) is 10.0 Å². The molecule has 0 bridgehead atoms. The molecular formula is C14H10Cl2N2O2S2. The maximum absolute atomic E-state index is 11.2. The minimum absolute atomic E-state index is 0.586. The highest BCUT2D eigenvalue weighted by Crippen LogP contribution is 2.35. The van der Waals surface area contributed by atoms with E-state index in [9.17, 15) is 9.59 Å². The summed E-state index contributed by atoms with van der Waals surface area (Å²) in [5.74, 6) is 0. The van der Waals surface area contributed by atoms with Gasteiger partial charge in [0.1, 0.15) is 0 Å². The van der Waals surface area contributed by atoms with Gasteiger partial charge in [-0.25, -0.2) is 8.61 Å². The van der Waals surface area contributed by atoms with E-state index < -0.39 is 0 Å². The van der Waals surface area contributed by atoms with Crippen molar-refractivity contribution in [1.29, 1.82) is 0 Å². The summed E-state index contributed by atoms with van der Waals surface area (Å²) in [7, 11) is 2.23. The molecule has 0 fully saturated rings. The molecule has 2 aromatic carbocycles. The fraction of sp³-hybridized carbons (Fsp3) is 0. The van der Waals surface area contributed by atoms with Gasteiger partial charge >= 0.3 is 0 Å². The predicted octanol–water partition coefficient (Wildman–Crippen LogP) is 4.83. The normalized spacial score (nSPS) is 10.1. The molecule has 0 aromatic heterocycles. The maximum atomic E-state index is 11.2. The maximum Gasteiger partial charge on any atom is 0.224 e. The van der Waals surface area contributed by atoms with Gasteiger partial charge in [-0.05, 0) is 48.5 Å². The Bertz CT molecular complexity index is 581. The second kappa shape index (κ2) is 8.33. The zero-order valence-electron chi connectivity index (χ0n) is 11.1. The molecule has 0 aliphatic rings. The zero-order chi connectivity index (χ0) is 15.9. The van der Waals surface area contributed by atoms with E-state index in [2.05, 4.69) is 0 Å². The van der Waals surface area contributed by atoms with Crippen LogP contribution in [0.25, 0.3) is 0 Å². The Kier molecular flexibility index (Phi) is 6.45. The van der Waals surface area contributed by atoms with Crippen LogP contribution in [-0.2, 0) is 9.59 Å². The number of anilines is 2. The first-order valence-electron chi connectivity index (χ1n) is 5.99. The Hall–Kier alpha value is -1.34. The fourth-order valence-corrected chi connectivity index (χ4v) is 3.53. The molecule has 0 atom stereocenters. The minimum atomic E-state index is 0.586. The topological polar surface area (TPSA) is 40.6 Å². The number of carbonyl (C=O) groups excluding carboxylic acids is 2. The highest BCUT2D eigenvalue weighted by Gasteiger charge is 2.12. The van der Waals surface area contributed by atoms with Crippen molar-refractivity contribution in [3.63, 3.8) is 0 Å². The van der Waals surface area contributed by atoms with E-state index in [1.54, 1.807) is 48.5 Å². The van der Waals surface area contributed by atoms with Crippen molar-refractivity contribution in [2.45, 2.75) is 0 Å². The number of carbonyl (C=O) groups is 2. The van der Waals surface area contributed by atoms with Gasteiger partial charge in [0.2, 0.25) is 12.8 Å². The molecule has 0 N–H and O–H groups in total. The van der Waals surface area contributed by atoms with Gasteiger partial charge in [-0.2, -0.15) is 0 Å². The molecule has 0 radical (unpaired) electrons. The van der Waals surface area contributed by atoms with Crippen molar-refractivity contribution < 1.29 is 9.59 Å². The number of hydrogen-bond acceptors (Lipinski definition) is 4. The lowest BCUT2D eigenvalue weighted by molar-refractivity contribution is -0.107. The molecule has 8 heteroatoms. The van der Waals surface area contributed by atoms with Gasteiger partial charge in [0.25, 0.3) is 0 Å². The highest BCUT2D eigenvalue weighted by atomic mass is 35.5. The van der Waals surface area contributed by atoms with Gasteiger partial charge in [-0.1, -0.05) is 23.2 Å². The minimum Gasteiger partial charge on any atom is -0.277 e. The lowest BCUT2D eigenvalue weighted by atomic mass is 10.3. The van der Waals surface area contributed by atoms with E-state index in [4.69, 9.17) is 23.2 Å². The number of hydrogen-bond donors (Lipinski definition) is 0. The lowest BCUT2D eigenvalue weighted by Crippen LogP contribution is -2.14. The van der Waals surface area contributed by atoms with Crippen molar-refractivity contribution in [3.8, 4) is 0 Å². The summed E-state index contributed by atoms with van der Waals surface area (Å²) in [5.41, 5.74) is 1.33.